The summed E-state index contributed by atoms with van der Waals surface area (Å²) >= 11 is 0. The molecule has 0 saturated heterocycles. The molecule has 0 bridgehead atoms. The van der Waals surface area contributed by atoms with E-state index in [0.717, 1.165) is 77.5 Å². The van der Waals surface area contributed by atoms with E-state index in [9.17, 15) is 28.8 Å². The minimum absolute atomic E-state index is 0.0969. The average Bonchev–Trinajstić information content (AvgIpc) is 3.96. The highest BCUT2D eigenvalue weighted by Gasteiger charge is 2.25. The van der Waals surface area contributed by atoms with Crippen LogP contribution in [-0.2, 0) is 54.5 Å². The van der Waals surface area contributed by atoms with Crippen molar-refractivity contribution in [1.29, 1.82) is 0 Å². The van der Waals surface area contributed by atoms with E-state index in [4.69, 9.17) is 28.4 Å². The van der Waals surface area contributed by atoms with Crippen LogP contribution in [0.1, 0.15) is 76.6 Å². The topological polar surface area (TPSA) is 158 Å². The van der Waals surface area contributed by atoms with E-state index in [1.807, 2.05) is 12.1 Å². The third-order valence-electron chi connectivity index (χ3n) is 10.3. The number of esters is 6. The normalized spacial score (nSPS) is 11.8. The highest BCUT2D eigenvalue weighted by molar-refractivity contribution is 5.93. The van der Waals surface area contributed by atoms with Crippen molar-refractivity contribution in [2.45, 2.75) is 80.1 Å². The molecule has 2 aliphatic rings. The van der Waals surface area contributed by atoms with Gasteiger partial charge in [0.2, 0.25) is 0 Å². The number of fused-ring (bicyclic) bond motifs is 2. The van der Waals surface area contributed by atoms with Crippen LogP contribution in [0.5, 0.6) is 34.5 Å². The Morgan fingerprint density at radius 1 is 0.348 bits per heavy atom. The monoisotopic (exact) mass is 892 g/mol. The first-order chi connectivity index (χ1) is 31.1. The molecule has 0 heterocycles. The standard InChI is InChI=1S/2C27H26O6/c1-15(2)25(28)31-22-13-11-19(20-8-7-9-21(20)22)18-10-12-23(32-26(29)16(3)4)24(14-18)33-27(30)17(5)6;1-15(2)25(28)31-19-12-18(13-20(14-19)32-26(29)16(3)4)21-10-11-24(33-27(30)17(5)6)23-9-7-8-22(21)23/h2*10-14H,1,3,5,7-9H2,2,4,6H3. The van der Waals surface area contributed by atoms with Gasteiger partial charge in [-0.05, 0) is 161 Å². The first kappa shape index (κ1) is 49.2. The molecule has 6 rings (SSSR count). The van der Waals surface area contributed by atoms with Gasteiger partial charge in [-0.15, -0.1) is 0 Å². The second-order valence-corrected chi connectivity index (χ2v) is 16.2. The molecule has 340 valence electrons. The van der Waals surface area contributed by atoms with Crippen LogP contribution >= 0.6 is 0 Å². The quantitative estimate of drug-likeness (QED) is 0.0671. The Hall–Kier alpha value is -7.86. The van der Waals surface area contributed by atoms with Crippen molar-refractivity contribution >= 4 is 35.8 Å². The highest BCUT2D eigenvalue weighted by atomic mass is 16.6. The number of hydrogen-bond donors (Lipinski definition) is 0. The molecule has 0 aliphatic heterocycles. The van der Waals surface area contributed by atoms with Crippen LogP contribution in [0, 0.1) is 0 Å². The molecule has 0 amide bonds. The van der Waals surface area contributed by atoms with Crippen LogP contribution in [0.25, 0.3) is 22.3 Å². The van der Waals surface area contributed by atoms with Crippen molar-refractivity contribution in [1.82, 2.24) is 0 Å². The summed E-state index contributed by atoms with van der Waals surface area (Å²) in [6.07, 6.45) is 5.00. The first-order valence-corrected chi connectivity index (χ1v) is 21.0. The summed E-state index contributed by atoms with van der Waals surface area (Å²) < 4.78 is 32.6. The minimum Gasteiger partial charge on any atom is -0.423 e. The molecular formula is C54H52O12. The molecule has 0 N–H and O–H groups in total. The van der Waals surface area contributed by atoms with Gasteiger partial charge in [-0.1, -0.05) is 57.7 Å². The maximum Gasteiger partial charge on any atom is 0.338 e. The fourth-order valence-corrected chi connectivity index (χ4v) is 6.90. The Labute approximate surface area is 384 Å². The fourth-order valence-electron chi connectivity index (χ4n) is 6.90. The maximum absolute atomic E-state index is 12.2. The molecule has 0 saturated carbocycles. The van der Waals surface area contributed by atoms with Crippen LogP contribution in [0.4, 0.5) is 0 Å². The van der Waals surface area contributed by atoms with Gasteiger partial charge in [0.25, 0.3) is 0 Å². The SMILES string of the molecule is C=C(C)C(=O)Oc1cc(OC(=O)C(=C)C)cc(-c2ccc(OC(=O)C(=C)C)c3c2CCC3)c1.C=C(C)C(=O)Oc1ccc(-c2ccc(OC(=O)C(=C)C)c3c2CCC3)cc1OC(=O)C(=C)C. The first-order valence-electron chi connectivity index (χ1n) is 21.0. The Kier molecular flexibility index (Phi) is 15.8. The largest absolute Gasteiger partial charge is 0.423 e. The molecule has 4 aromatic carbocycles. The van der Waals surface area contributed by atoms with Gasteiger partial charge in [-0.3, -0.25) is 0 Å². The zero-order valence-corrected chi connectivity index (χ0v) is 38.2. The van der Waals surface area contributed by atoms with Gasteiger partial charge < -0.3 is 28.4 Å². The van der Waals surface area contributed by atoms with E-state index < -0.39 is 35.8 Å². The number of rotatable bonds is 14. The third kappa shape index (κ3) is 12.0. The fraction of sp³-hybridized carbons (Fsp3) is 0.222. The summed E-state index contributed by atoms with van der Waals surface area (Å²) in [5.41, 5.74) is 8.83. The van der Waals surface area contributed by atoms with Crippen LogP contribution in [0.3, 0.4) is 0 Å². The van der Waals surface area contributed by atoms with Gasteiger partial charge in [-0.2, -0.15) is 0 Å². The van der Waals surface area contributed by atoms with E-state index in [1.165, 1.54) is 19.9 Å². The Morgan fingerprint density at radius 2 is 0.667 bits per heavy atom. The van der Waals surface area contributed by atoms with Crippen LogP contribution in [0.2, 0.25) is 0 Å². The molecule has 0 fully saturated rings. The summed E-state index contributed by atoms with van der Waals surface area (Å²) in [5.74, 6) is -1.69. The number of carbonyl (C=O) groups is 6. The van der Waals surface area contributed by atoms with Gasteiger partial charge in [0.05, 0.1) is 0 Å². The molecule has 0 radical (unpaired) electrons. The van der Waals surface area contributed by atoms with Gasteiger partial charge >= 0.3 is 35.8 Å². The van der Waals surface area contributed by atoms with E-state index >= 15 is 0 Å². The summed E-state index contributed by atoms with van der Waals surface area (Å²) in [6, 6.07) is 17.1. The van der Waals surface area contributed by atoms with E-state index in [2.05, 4.69) is 39.5 Å². The zero-order chi connectivity index (χ0) is 48.6. The molecule has 0 aromatic heterocycles. The summed E-state index contributed by atoms with van der Waals surface area (Å²) in [6.45, 7) is 31.0. The van der Waals surface area contributed by atoms with Crippen molar-refractivity contribution in [3.05, 3.63) is 156 Å². The molecular weight excluding hydrogens is 841 g/mol. The van der Waals surface area contributed by atoms with Crippen LogP contribution in [0.15, 0.2) is 134 Å². The lowest BCUT2D eigenvalue weighted by Gasteiger charge is -2.16. The number of hydrogen-bond acceptors (Lipinski definition) is 12. The Bertz CT molecular complexity index is 2730. The van der Waals surface area contributed by atoms with E-state index in [-0.39, 0.29) is 45.3 Å². The smallest absolute Gasteiger partial charge is 0.338 e. The van der Waals surface area contributed by atoms with E-state index in [1.54, 1.807) is 70.2 Å². The van der Waals surface area contributed by atoms with Gasteiger partial charge in [0, 0.05) is 39.5 Å². The maximum atomic E-state index is 12.2. The summed E-state index contributed by atoms with van der Waals surface area (Å²) in [5, 5.41) is 0. The van der Waals surface area contributed by atoms with Gasteiger partial charge in [0.15, 0.2) is 11.5 Å². The van der Waals surface area contributed by atoms with Crippen molar-refractivity contribution in [3.63, 3.8) is 0 Å². The minimum atomic E-state index is -0.632. The van der Waals surface area contributed by atoms with Crippen molar-refractivity contribution in [3.8, 4) is 56.8 Å². The highest BCUT2D eigenvalue weighted by Crippen LogP contribution is 2.42. The third-order valence-corrected chi connectivity index (χ3v) is 10.3. The van der Waals surface area contributed by atoms with Crippen LogP contribution in [-0.4, -0.2) is 35.8 Å². The molecule has 66 heavy (non-hydrogen) atoms. The molecule has 0 unspecified atom stereocenters. The summed E-state index contributed by atoms with van der Waals surface area (Å²) in [4.78, 5) is 72.5. The summed E-state index contributed by atoms with van der Waals surface area (Å²) in [7, 11) is 0. The molecule has 0 spiro atoms. The molecule has 12 nitrogen and oxygen atoms in total. The van der Waals surface area contributed by atoms with E-state index in [0.29, 0.717) is 28.2 Å². The van der Waals surface area contributed by atoms with Crippen molar-refractivity contribution < 1.29 is 57.2 Å². The predicted molar refractivity (Wildman–Crippen MR) is 250 cm³/mol. The lowest BCUT2D eigenvalue weighted by molar-refractivity contribution is -0.132. The zero-order valence-electron chi connectivity index (χ0n) is 38.2. The van der Waals surface area contributed by atoms with Crippen molar-refractivity contribution in [2.75, 3.05) is 0 Å². The average molecular weight is 893 g/mol. The lowest BCUT2D eigenvalue weighted by Crippen LogP contribution is -2.13. The number of benzene rings is 4. The molecule has 4 aromatic rings. The molecule has 12 heteroatoms. The van der Waals surface area contributed by atoms with Gasteiger partial charge in [0.1, 0.15) is 23.0 Å². The molecule has 0 atom stereocenters. The van der Waals surface area contributed by atoms with Crippen LogP contribution < -0.4 is 28.4 Å². The Balaban J connectivity index is 0.000000247. The van der Waals surface area contributed by atoms with Gasteiger partial charge in [-0.25, -0.2) is 28.8 Å². The predicted octanol–water partition coefficient (Wildman–Crippen LogP) is 10.6. The number of ether oxygens (including phenoxy) is 6. The number of carbonyl (C=O) groups excluding carboxylic acids is 6. The lowest BCUT2D eigenvalue weighted by atomic mass is 9.96. The second-order valence-electron chi connectivity index (χ2n) is 16.2. The molecule has 2 aliphatic carbocycles. The van der Waals surface area contributed by atoms with Crippen molar-refractivity contribution in [2.24, 2.45) is 0 Å². The Morgan fingerprint density at radius 3 is 1.06 bits per heavy atom. The second kappa shape index (κ2) is 21.2.